The minimum atomic E-state index is -0.465. The second-order valence-corrected chi connectivity index (χ2v) is 9.44. The number of ether oxygens (including phenoxy) is 2. The highest BCUT2D eigenvalue weighted by Crippen LogP contribution is 2.36. The lowest BCUT2D eigenvalue weighted by atomic mass is 9.74. The van der Waals surface area contributed by atoms with Crippen molar-refractivity contribution in [2.45, 2.75) is 25.7 Å². The Balaban J connectivity index is 1.42. The molecule has 0 unspecified atom stereocenters. The molecule has 1 amide bonds. The van der Waals surface area contributed by atoms with Crippen molar-refractivity contribution in [3.8, 4) is 11.1 Å². The summed E-state index contributed by atoms with van der Waals surface area (Å²) in [6.07, 6.45) is 3.20. The number of carbonyl (C=O) groups is 1. The Kier molecular flexibility index (Phi) is 8.12. The molecule has 2 aliphatic heterocycles. The van der Waals surface area contributed by atoms with Crippen LogP contribution in [0, 0.1) is 17.2 Å². The molecule has 178 valence electrons. The number of nitrogens with zero attached hydrogens (tertiary/aromatic N) is 1. The Labute approximate surface area is 196 Å². The molecule has 0 saturated carbocycles. The molecule has 2 aromatic carbocycles. The number of hydrogen-bond acceptors (Lipinski definition) is 4. The molecule has 0 aliphatic carbocycles. The van der Waals surface area contributed by atoms with Crippen molar-refractivity contribution in [2.75, 3.05) is 53.1 Å². The first kappa shape index (κ1) is 23.9. The highest BCUT2D eigenvalue weighted by Gasteiger charge is 2.40. The predicted octanol–water partition coefficient (Wildman–Crippen LogP) is 3.92. The lowest BCUT2D eigenvalue weighted by molar-refractivity contribution is -0.136. The van der Waals surface area contributed by atoms with Gasteiger partial charge in [0.15, 0.2) is 0 Å². The van der Waals surface area contributed by atoms with Crippen molar-refractivity contribution in [3.63, 3.8) is 0 Å². The van der Waals surface area contributed by atoms with Crippen LogP contribution in [0.3, 0.4) is 0 Å². The molecule has 0 spiro atoms. The summed E-state index contributed by atoms with van der Waals surface area (Å²) < 4.78 is 24.5. The first-order chi connectivity index (χ1) is 16.1. The van der Waals surface area contributed by atoms with Gasteiger partial charge in [0.25, 0.3) is 0 Å². The number of halogens is 1. The third-order valence-corrected chi connectivity index (χ3v) is 7.09. The van der Waals surface area contributed by atoms with Crippen LogP contribution in [0.15, 0.2) is 48.5 Å². The van der Waals surface area contributed by atoms with E-state index in [1.807, 2.05) is 18.2 Å². The van der Waals surface area contributed by atoms with Gasteiger partial charge in [-0.2, -0.15) is 0 Å². The Morgan fingerprint density at radius 3 is 2.70 bits per heavy atom. The average molecular weight is 455 g/mol. The highest BCUT2D eigenvalue weighted by atomic mass is 19.1. The Morgan fingerprint density at radius 2 is 1.94 bits per heavy atom. The molecule has 6 heteroatoms. The van der Waals surface area contributed by atoms with E-state index in [4.69, 9.17) is 9.47 Å². The molecular formula is C27H35FN2O3. The van der Waals surface area contributed by atoms with Gasteiger partial charge in [0.05, 0.1) is 12.0 Å². The van der Waals surface area contributed by atoms with Crippen molar-refractivity contribution in [2.24, 2.45) is 11.3 Å². The van der Waals surface area contributed by atoms with Crippen LogP contribution in [-0.4, -0.2) is 63.9 Å². The van der Waals surface area contributed by atoms with Gasteiger partial charge in [-0.15, -0.1) is 0 Å². The fourth-order valence-corrected chi connectivity index (χ4v) is 5.09. The predicted molar refractivity (Wildman–Crippen MR) is 127 cm³/mol. The summed E-state index contributed by atoms with van der Waals surface area (Å²) in [6, 6.07) is 14.8. The average Bonchev–Trinajstić information content (AvgIpc) is 3.30. The Hall–Kier alpha value is -2.28. The summed E-state index contributed by atoms with van der Waals surface area (Å²) in [5, 5.41) is 3.28. The maximum absolute atomic E-state index is 13.7. The van der Waals surface area contributed by atoms with E-state index in [-0.39, 0.29) is 11.7 Å². The van der Waals surface area contributed by atoms with Crippen molar-refractivity contribution in [3.05, 3.63) is 59.9 Å². The second-order valence-electron chi connectivity index (χ2n) is 9.44. The molecule has 2 fully saturated rings. The standard InChI is InChI=1S/C27H35FN2O3/c1-32-15-12-30-11-8-22(20-30)19-29-26(31)27(9-13-33-14-10-27)18-21-4-2-5-23(16-21)24-6-3-7-25(28)17-24/h2-7,16-17,22H,8-15,18-20H2,1H3,(H,29,31)/t22-/m0/s1. The van der Waals surface area contributed by atoms with Gasteiger partial charge in [0.2, 0.25) is 5.91 Å². The monoisotopic (exact) mass is 454 g/mol. The minimum absolute atomic E-state index is 0.136. The van der Waals surface area contributed by atoms with Crippen LogP contribution in [0.4, 0.5) is 4.39 Å². The Morgan fingerprint density at radius 1 is 1.18 bits per heavy atom. The second kappa shape index (κ2) is 11.2. The van der Waals surface area contributed by atoms with Crippen molar-refractivity contribution < 1.29 is 18.7 Å². The van der Waals surface area contributed by atoms with Crippen LogP contribution in [0.5, 0.6) is 0 Å². The molecule has 2 heterocycles. The molecule has 2 aromatic rings. The maximum atomic E-state index is 13.7. The lowest BCUT2D eigenvalue weighted by Gasteiger charge is -2.36. The summed E-state index contributed by atoms with van der Waals surface area (Å²) >= 11 is 0. The molecule has 0 aromatic heterocycles. The largest absolute Gasteiger partial charge is 0.383 e. The number of nitrogens with one attached hydrogen (secondary N) is 1. The molecule has 2 aliphatic rings. The number of likely N-dealkylation sites (tertiary alicyclic amines) is 1. The molecule has 4 rings (SSSR count). The van der Waals surface area contributed by atoms with Gasteiger partial charge in [0.1, 0.15) is 5.82 Å². The number of methoxy groups -OCH3 is 1. The van der Waals surface area contributed by atoms with E-state index < -0.39 is 5.41 Å². The summed E-state index contributed by atoms with van der Waals surface area (Å²) in [6.45, 7) is 5.69. The molecule has 1 N–H and O–H groups in total. The van der Waals surface area contributed by atoms with Gasteiger partial charge in [0, 0.05) is 40.0 Å². The number of rotatable bonds is 9. The SMILES string of the molecule is COCCN1CC[C@@H](CNC(=O)C2(Cc3cccc(-c4cccc(F)c4)c3)CCOCC2)C1. The van der Waals surface area contributed by atoms with Gasteiger partial charge in [-0.05, 0) is 67.0 Å². The van der Waals surface area contributed by atoms with E-state index in [2.05, 4.69) is 22.3 Å². The van der Waals surface area contributed by atoms with E-state index in [0.717, 1.165) is 49.4 Å². The first-order valence-electron chi connectivity index (χ1n) is 12.0. The van der Waals surface area contributed by atoms with E-state index >= 15 is 0 Å². The third-order valence-electron chi connectivity index (χ3n) is 7.09. The van der Waals surface area contributed by atoms with Gasteiger partial charge in [-0.3, -0.25) is 4.79 Å². The zero-order valence-corrected chi connectivity index (χ0v) is 19.5. The van der Waals surface area contributed by atoms with Gasteiger partial charge in [-0.1, -0.05) is 36.4 Å². The van der Waals surface area contributed by atoms with Crippen molar-refractivity contribution >= 4 is 5.91 Å². The van der Waals surface area contributed by atoms with Crippen molar-refractivity contribution in [1.29, 1.82) is 0 Å². The summed E-state index contributed by atoms with van der Waals surface area (Å²) in [7, 11) is 1.73. The van der Waals surface area contributed by atoms with Gasteiger partial charge in [-0.25, -0.2) is 4.39 Å². The molecule has 0 radical (unpaired) electrons. The first-order valence-corrected chi connectivity index (χ1v) is 12.0. The summed E-state index contributed by atoms with van der Waals surface area (Å²) in [5.74, 6) is 0.377. The smallest absolute Gasteiger partial charge is 0.226 e. The zero-order valence-electron chi connectivity index (χ0n) is 19.5. The fraction of sp³-hybridized carbons (Fsp3) is 0.519. The van der Waals surface area contributed by atoms with Crippen molar-refractivity contribution in [1.82, 2.24) is 10.2 Å². The molecular weight excluding hydrogens is 419 g/mol. The fourth-order valence-electron chi connectivity index (χ4n) is 5.09. The van der Waals surface area contributed by atoms with Crippen LogP contribution in [0.1, 0.15) is 24.8 Å². The van der Waals surface area contributed by atoms with E-state index in [0.29, 0.717) is 44.9 Å². The third kappa shape index (κ3) is 6.19. The van der Waals surface area contributed by atoms with Gasteiger partial charge >= 0.3 is 0 Å². The summed E-state index contributed by atoms with van der Waals surface area (Å²) in [4.78, 5) is 15.9. The number of carbonyl (C=O) groups excluding carboxylic acids is 1. The molecule has 33 heavy (non-hydrogen) atoms. The number of hydrogen-bond donors (Lipinski definition) is 1. The van der Waals surface area contributed by atoms with E-state index in [1.54, 1.807) is 19.2 Å². The number of amides is 1. The van der Waals surface area contributed by atoms with Crippen LogP contribution in [0.2, 0.25) is 0 Å². The lowest BCUT2D eigenvalue weighted by Crippen LogP contribution is -2.47. The molecule has 1 atom stereocenters. The van der Waals surface area contributed by atoms with E-state index in [9.17, 15) is 9.18 Å². The molecule has 0 bridgehead atoms. The maximum Gasteiger partial charge on any atom is 0.226 e. The number of benzene rings is 2. The highest BCUT2D eigenvalue weighted by molar-refractivity contribution is 5.83. The molecule has 5 nitrogen and oxygen atoms in total. The Bertz CT molecular complexity index is 929. The zero-order chi connectivity index (χ0) is 23.1. The van der Waals surface area contributed by atoms with Crippen LogP contribution in [0.25, 0.3) is 11.1 Å². The topological polar surface area (TPSA) is 50.8 Å². The molecule has 2 saturated heterocycles. The van der Waals surface area contributed by atoms with Crippen LogP contribution >= 0.6 is 0 Å². The van der Waals surface area contributed by atoms with Crippen LogP contribution in [-0.2, 0) is 20.7 Å². The normalized spacial score (nSPS) is 20.6. The van der Waals surface area contributed by atoms with E-state index in [1.165, 1.54) is 6.07 Å². The van der Waals surface area contributed by atoms with Gasteiger partial charge < -0.3 is 19.7 Å². The minimum Gasteiger partial charge on any atom is -0.383 e. The quantitative estimate of drug-likeness (QED) is 0.624. The summed E-state index contributed by atoms with van der Waals surface area (Å²) in [5.41, 5.74) is 2.45. The van der Waals surface area contributed by atoms with Crippen LogP contribution < -0.4 is 5.32 Å².